The summed E-state index contributed by atoms with van der Waals surface area (Å²) in [5, 5.41) is 13.6. The first-order chi connectivity index (χ1) is 12.6. The lowest BCUT2D eigenvalue weighted by Gasteiger charge is -2.07. The molecule has 3 aromatic rings. The van der Waals surface area contributed by atoms with Crippen LogP contribution in [-0.4, -0.2) is 25.9 Å². The number of aromatic nitrogens is 4. The molecule has 2 aromatic carbocycles. The fraction of sp³-hybridized carbons (Fsp3) is 0.0526. The van der Waals surface area contributed by atoms with E-state index < -0.39 is 0 Å². The molecule has 26 heavy (non-hydrogen) atoms. The molecule has 0 atom stereocenters. The van der Waals surface area contributed by atoms with Crippen LogP contribution in [0.2, 0.25) is 10.0 Å². The highest BCUT2D eigenvalue weighted by molar-refractivity contribution is 6.43. The van der Waals surface area contributed by atoms with Crippen molar-refractivity contribution in [2.24, 2.45) is 4.99 Å². The Kier molecular flexibility index (Phi) is 5.61. The number of rotatable bonds is 5. The summed E-state index contributed by atoms with van der Waals surface area (Å²) in [5.74, 6) is 0.411. The number of benzene rings is 2. The van der Waals surface area contributed by atoms with E-state index >= 15 is 0 Å². The molecule has 7 heteroatoms. The van der Waals surface area contributed by atoms with Gasteiger partial charge in [0.05, 0.1) is 15.7 Å². The highest BCUT2D eigenvalue weighted by Gasteiger charge is 2.11. The van der Waals surface area contributed by atoms with Crippen LogP contribution in [0, 0.1) is 0 Å². The largest absolute Gasteiger partial charge is 0.253 e. The van der Waals surface area contributed by atoms with Crippen molar-refractivity contribution in [3.63, 3.8) is 0 Å². The highest BCUT2D eigenvalue weighted by Crippen LogP contribution is 2.33. The van der Waals surface area contributed by atoms with Crippen LogP contribution in [0.3, 0.4) is 0 Å². The van der Waals surface area contributed by atoms with Crippen molar-refractivity contribution in [2.45, 2.75) is 6.92 Å². The van der Waals surface area contributed by atoms with Crippen molar-refractivity contribution in [3.05, 3.63) is 83.3 Å². The summed E-state index contributed by atoms with van der Waals surface area (Å²) in [6, 6.07) is 13.2. The number of allylic oxidation sites excluding steroid dienone is 2. The van der Waals surface area contributed by atoms with E-state index in [4.69, 9.17) is 23.2 Å². The van der Waals surface area contributed by atoms with Gasteiger partial charge in [-0.05, 0) is 42.0 Å². The number of nitrogens with zero attached hydrogens (tertiary/aromatic N) is 5. The van der Waals surface area contributed by atoms with Gasteiger partial charge in [-0.25, -0.2) is 0 Å². The Morgan fingerprint density at radius 1 is 1.19 bits per heavy atom. The topological polar surface area (TPSA) is 56.0 Å². The number of halogens is 2. The van der Waals surface area contributed by atoms with Gasteiger partial charge in [0.15, 0.2) is 0 Å². The van der Waals surface area contributed by atoms with Gasteiger partial charge < -0.3 is 0 Å². The molecule has 1 heterocycles. The second-order valence-electron chi connectivity index (χ2n) is 5.25. The van der Waals surface area contributed by atoms with Crippen molar-refractivity contribution in [2.75, 3.05) is 0 Å². The van der Waals surface area contributed by atoms with Crippen LogP contribution < -0.4 is 0 Å². The van der Waals surface area contributed by atoms with Crippen LogP contribution in [0.25, 0.3) is 16.8 Å². The molecule has 130 valence electrons. The Morgan fingerprint density at radius 2 is 2.00 bits per heavy atom. The van der Waals surface area contributed by atoms with Crippen LogP contribution in [0.1, 0.15) is 12.7 Å². The zero-order chi connectivity index (χ0) is 18.5. The lowest BCUT2D eigenvalue weighted by atomic mass is 10.1. The molecule has 0 saturated heterocycles. The molecule has 0 spiro atoms. The molecule has 0 saturated carbocycles. The molecule has 0 fully saturated rings. The zero-order valence-electron chi connectivity index (χ0n) is 14.0. The molecule has 1 aromatic heterocycles. The molecule has 5 nitrogen and oxygen atoms in total. The van der Waals surface area contributed by atoms with Gasteiger partial charge in [-0.3, -0.25) is 4.99 Å². The quantitative estimate of drug-likeness (QED) is 0.572. The minimum Gasteiger partial charge on any atom is -0.253 e. The van der Waals surface area contributed by atoms with Gasteiger partial charge in [-0.15, -0.1) is 15.0 Å². The van der Waals surface area contributed by atoms with E-state index in [9.17, 15) is 0 Å². The summed E-state index contributed by atoms with van der Waals surface area (Å²) in [6.07, 6.45) is 5.09. The molecule has 0 amide bonds. The maximum atomic E-state index is 6.33. The molecule has 3 rings (SSSR count). The van der Waals surface area contributed by atoms with Gasteiger partial charge in [0.25, 0.3) is 0 Å². The van der Waals surface area contributed by atoms with Gasteiger partial charge in [0.1, 0.15) is 5.71 Å². The van der Waals surface area contributed by atoms with E-state index in [2.05, 4.69) is 27.0 Å². The first kappa shape index (κ1) is 18.0. The second kappa shape index (κ2) is 8.08. The summed E-state index contributed by atoms with van der Waals surface area (Å²) < 4.78 is 0. The predicted molar refractivity (Wildman–Crippen MR) is 106 cm³/mol. The molecule has 0 aliphatic carbocycles. The number of tetrazole rings is 1. The number of hydrogen-bond donors (Lipinski definition) is 0. The predicted octanol–water partition coefficient (Wildman–Crippen LogP) is 5.14. The minimum absolute atomic E-state index is 0.411. The van der Waals surface area contributed by atoms with Crippen molar-refractivity contribution in [1.29, 1.82) is 0 Å². The Morgan fingerprint density at radius 3 is 2.77 bits per heavy atom. The van der Waals surface area contributed by atoms with Gasteiger partial charge >= 0.3 is 0 Å². The Bertz CT molecular complexity index is 1000. The van der Waals surface area contributed by atoms with E-state index in [0.717, 1.165) is 16.8 Å². The summed E-state index contributed by atoms with van der Waals surface area (Å²) >= 11 is 12.4. The van der Waals surface area contributed by atoms with Crippen molar-refractivity contribution < 1.29 is 0 Å². The lowest BCUT2D eigenvalue weighted by molar-refractivity contribution is 0.720. The van der Waals surface area contributed by atoms with E-state index in [0.29, 0.717) is 21.6 Å². The molecule has 0 aliphatic rings. The van der Waals surface area contributed by atoms with Crippen LogP contribution in [0.4, 0.5) is 0 Å². The fourth-order valence-electron chi connectivity index (χ4n) is 2.38. The summed E-state index contributed by atoms with van der Waals surface area (Å²) in [6.45, 7) is 5.50. The second-order valence-corrected chi connectivity index (χ2v) is 6.04. The molecule has 0 unspecified atom stereocenters. The Balaban J connectivity index is 2.00. The lowest BCUT2D eigenvalue weighted by Crippen LogP contribution is -2.02. The fourth-order valence-corrected chi connectivity index (χ4v) is 2.79. The monoisotopic (exact) mass is 383 g/mol. The number of hydrogen-bond acceptors (Lipinski definition) is 4. The van der Waals surface area contributed by atoms with Gasteiger partial charge in [0.2, 0.25) is 5.82 Å². The van der Waals surface area contributed by atoms with E-state index in [-0.39, 0.29) is 0 Å². The molecule has 0 N–H and O–H groups in total. The maximum Gasteiger partial charge on any atom is 0.223 e. The van der Waals surface area contributed by atoms with Gasteiger partial charge in [0, 0.05) is 11.8 Å². The minimum atomic E-state index is 0.411. The van der Waals surface area contributed by atoms with Crippen LogP contribution in [0.5, 0.6) is 0 Å². The average Bonchev–Trinajstić information content (AvgIpc) is 3.14. The third kappa shape index (κ3) is 3.74. The van der Waals surface area contributed by atoms with Crippen molar-refractivity contribution in [1.82, 2.24) is 20.2 Å². The van der Waals surface area contributed by atoms with Crippen molar-refractivity contribution >= 4 is 28.9 Å². The van der Waals surface area contributed by atoms with E-state index in [1.54, 1.807) is 12.1 Å². The van der Waals surface area contributed by atoms with E-state index in [1.807, 2.05) is 49.4 Å². The molecule has 0 aliphatic heterocycles. The summed E-state index contributed by atoms with van der Waals surface area (Å²) in [5.41, 5.74) is 3.07. The molecule has 0 radical (unpaired) electrons. The SMILES string of the molecule is C=CN=C(/C=C\C)c1nnn(-c2cccc(-c3cccc(Cl)c3Cl)c2)n1. The summed E-state index contributed by atoms with van der Waals surface area (Å²) in [7, 11) is 0. The first-order valence-electron chi connectivity index (χ1n) is 7.80. The smallest absolute Gasteiger partial charge is 0.223 e. The van der Waals surface area contributed by atoms with Crippen LogP contribution >= 0.6 is 23.2 Å². The zero-order valence-corrected chi connectivity index (χ0v) is 15.5. The first-order valence-corrected chi connectivity index (χ1v) is 8.56. The number of aliphatic imine (C=N–C) groups is 1. The molecule has 0 bridgehead atoms. The maximum absolute atomic E-state index is 6.33. The van der Waals surface area contributed by atoms with Crippen LogP contribution in [-0.2, 0) is 0 Å². The van der Waals surface area contributed by atoms with E-state index in [1.165, 1.54) is 11.0 Å². The molecular weight excluding hydrogens is 369 g/mol. The highest BCUT2D eigenvalue weighted by atomic mass is 35.5. The van der Waals surface area contributed by atoms with Crippen molar-refractivity contribution in [3.8, 4) is 16.8 Å². The normalized spacial score (nSPS) is 11.9. The summed E-state index contributed by atoms with van der Waals surface area (Å²) in [4.78, 5) is 5.60. The Hall–Kier alpha value is -2.76. The van der Waals surface area contributed by atoms with Gasteiger partial charge in [-0.1, -0.05) is 60.1 Å². The van der Waals surface area contributed by atoms with Crippen LogP contribution in [0.15, 0.2) is 72.4 Å². The third-order valence-corrected chi connectivity index (χ3v) is 4.36. The average molecular weight is 384 g/mol. The Labute approximate surface area is 161 Å². The van der Waals surface area contributed by atoms with Gasteiger partial charge in [-0.2, -0.15) is 0 Å². The standard InChI is InChI=1S/C19H15Cl2N5/c1-3-7-17(22-4-2)19-23-25-26(24-19)14-9-5-8-13(12-14)15-10-6-11-16(20)18(15)21/h3-12H,2H2,1H3/b7-3-,22-17?. The third-order valence-electron chi connectivity index (χ3n) is 3.54. The molecular formula is C19H15Cl2N5.